The van der Waals surface area contributed by atoms with Gasteiger partial charge in [0.1, 0.15) is 12.0 Å². The molecule has 57 valence electrons. The summed E-state index contributed by atoms with van der Waals surface area (Å²) in [4.78, 5) is 10.3. The fraction of sp³-hybridized carbons (Fsp3) is 0.500. The van der Waals surface area contributed by atoms with Gasteiger partial charge in [-0.2, -0.15) is 0 Å². The van der Waals surface area contributed by atoms with E-state index in [4.69, 9.17) is 0 Å². The van der Waals surface area contributed by atoms with Crippen LogP contribution in [0.1, 0.15) is 12.8 Å². The van der Waals surface area contributed by atoms with Crippen LogP contribution in [0.25, 0.3) is 0 Å². The van der Waals surface area contributed by atoms with Crippen molar-refractivity contribution in [1.29, 1.82) is 0 Å². The van der Waals surface area contributed by atoms with Crippen molar-refractivity contribution in [3.05, 3.63) is 18.6 Å². The number of aromatic nitrogens is 2. The molecule has 0 aliphatic carbocycles. The molecule has 1 radical (unpaired) electrons. The predicted molar refractivity (Wildman–Crippen MR) is 42.3 cm³/mol. The molecule has 1 aliphatic heterocycles. The van der Waals surface area contributed by atoms with E-state index in [0.29, 0.717) is 0 Å². The summed E-state index contributed by atoms with van der Waals surface area (Å²) in [6, 6.07) is 0. The first-order valence-electron chi connectivity index (χ1n) is 3.90. The third kappa shape index (κ3) is 1.31. The standard InChI is InChI=1S/C8H10N3/c1-2-6-11(5-1)8-7-9-3-4-10-8/h4,7H,1-2,5-6H2. The fourth-order valence-corrected chi connectivity index (χ4v) is 1.37. The minimum atomic E-state index is 0.987. The Hall–Kier alpha value is -1.12. The highest BCUT2D eigenvalue weighted by atomic mass is 15.2. The van der Waals surface area contributed by atoms with Gasteiger partial charge in [-0.15, -0.1) is 0 Å². The first-order chi connectivity index (χ1) is 5.47. The number of hydrogen-bond acceptors (Lipinski definition) is 3. The zero-order valence-corrected chi connectivity index (χ0v) is 6.32. The zero-order valence-electron chi connectivity index (χ0n) is 6.32. The summed E-state index contributed by atoms with van der Waals surface area (Å²) in [6.45, 7) is 2.25. The Balaban J connectivity index is 2.16. The zero-order chi connectivity index (χ0) is 7.52. The molecule has 1 saturated heterocycles. The lowest BCUT2D eigenvalue weighted by Crippen LogP contribution is -2.18. The second-order valence-electron chi connectivity index (χ2n) is 2.70. The van der Waals surface area contributed by atoms with Crippen molar-refractivity contribution < 1.29 is 0 Å². The molecular weight excluding hydrogens is 138 g/mol. The second-order valence-corrected chi connectivity index (χ2v) is 2.70. The molecule has 0 amide bonds. The molecule has 1 aliphatic rings. The number of anilines is 1. The molecule has 3 nitrogen and oxygen atoms in total. The van der Waals surface area contributed by atoms with Crippen LogP contribution < -0.4 is 4.90 Å². The van der Waals surface area contributed by atoms with Crippen LogP contribution in [0.5, 0.6) is 0 Å². The van der Waals surface area contributed by atoms with Crippen molar-refractivity contribution in [2.45, 2.75) is 12.8 Å². The van der Waals surface area contributed by atoms with E-state index in [9.17, 15) is 0 Å². The van der Waals surface area contributed by atoms with Gasteiger partial charge in [0.05, 0.1) is 12.4 Å². The van der Waals surface area contributed by atoms with Crippen molar-refractivity contribution in [3.8, 4) is 0 Å². The van der Waals surface area contributed by atoms with Crippen LogP contribution in [0.15, 0.2) is 12.4 Å². The second kappa shape index (κ2) is 2.86. The van der Waals surface area contributed by atoms with Crippen LogP contribution >= 0.6 is 0 Å². The number of nitrogens with zero attached hydrogens (tertiary/aromatic N) is 3. The molecule has 2 rings (SSSR count). The van der Waals surface area contributed by atoms with Crippen LogP contribution in [0, 0.1) is 6.20 Å². The first-order valence-corrected chi connectivity index (χ1v) is 3.90. The van der Waals surface area contributed by atoms with Crippen molar-refractivity contribution >= 4 is 5.82 Å². The van der Waals surface area contributed by atoms with Crippen molar-refractivity contribution in [2.75, 3.05) is 18.0 Å². The summed E-state index contributed by atoms with van der Waals surface area (Å²) in [7, 11) is 0. The Kier molecular flexibility index (Phi) is 1.71. The van der Waals surface area contributed by atoms with Gasteiger partial charge < -0.3 is 4.90 Å². The van der Waals surface area contributed by atoms with E-state index >= 15 is 0 Å². The Morgan fingerprint density at radius 2 is 2.18 bits per heavy atom. The Morgan fingerprint density at radius 1 is 1.36 bits per heavy atom. The van der Waals surface area contributed by atoms with Crippen LogP contribution in [0.3, 0.4) is 0 Å². The van der Waals surface area contributed by atoms with Gasteiger partial charge >= 0.3 is 0 Å². The smallest absolute Gasteiger partial charge is 0.147 e. The SMILES string of the molecule is [c]1cnc(N2CCCC2)cn1. The van der Waals surface area contributed by atoms with E-state index in [1.165, 1.54) is 12.8 Å². The Morgan fingerprint density at radius 3 is 2.82 bits per heavy atom. The largest absolute Gasteiger partial charge is 0.355 e. The predicted octanol–water partition coefficient (Wildman–Crippen LogP) is 0.877. The van der Waals surface area contributed by atoms with E-state index in [1.807, 2.05) is 0 Å². The lowest BCUT2D eigenvalue weighted by molar-refractivity contribution is 0.925. The minimum Gasteiger partial charge on any atom is -0.355 e. The number of rotatable bonds is 1. The van der Waals surface area contributed by atoms with Gasteiger partial charge in [-0.3, -0.25) is 0 Å². The van der Waals surface area contributed by atoms with E-state index in [1.54, 1.807) is 12.4 Å². The average Bonchev–Trinajstić information content (AvgIpc) is 2.58. The van der Waals surface area contributed by atoms with Gasteiger partial charge in [0, 0.05) is 13.1 Å². The molecule has 0 unspecified atom stereocenters. The lowest BCUT2D eigenvalue weighted by Gasteiger charge is -2.14. The highest BCUT2D eigenvalue weighted by molar-refractivity contribution is 5.35. The van der Waals surface area contributed by atoms with Gasteiger partial charge in [0.25, 0.3) is 0 Å². The molecule has 11 heavy (non-hydrogen) atoms. The van der Waals surface area contributed by atoms with Crippen LogP contribution in [0.4, 0.5) is 5.82 Å². The van der Waals surface area contributed by atoms with Crippen LogP contribution in [-0.4, -0.2) is 23.1 Å². The summed E-state index contributed by atoms with van der Waals surface area (Å²) in [5.74, 6) is 0.987. The Bertz CT molecular complexity index is 216. The van der Waals surface area contributed by atoms with Gasteiger partial charge in [0.2, 0.25) is 0 Å². The molecule has 0 atom stereocenters. The monoisotopic (exact) mass is 148 g/mol. The molecule has 0 aromatic carbocycles. The van der Waals surface area contributed by atoms with E-state index in [-0.39, 0.29) is 0 Å². The summed E-state index contributed by atoms with van der Waals surface area (Å²) >= 11 is 0. The summed E-state index contributed by atoms with van der Waals surface area (Å²) < 4.78 is 0. The third-order valence-electron chi connectivity index (χ3n) is 1.94. The quantitative estimate of drug-likeness (QED) is 0.592. The molecule has 0 bridgehead atoms. The van der Waals surface area contributed by atoms with Crippen molar-refractivity contribution in [1.82, 2.24) is 9.97 Å². The minimum absolute atomic E-state index is 0.987. The van der Waals surface area contributed by atoms with Gasteiger partial charge in [0.15, 0.2) is 0 Å². The van der Waals surface area contributed by atoms with Crippen molar-refractivity contribution in [3.63, 3.8) is 0 Å². The average molecular weight is 148 g/mol. The first kappa shape index (κ1) is 6.58. The maximum Gasteiger partial charge on any atom is 0.147 e. The lowest BCUT2D eigenvalue weighted by atomic mass is 10.4. The normalized spacial score (nSPS) is 17.3. The van der Waals surface area contributed by atoms with Gasteiger partial charge in [-0.05, 0) is 12.8 Å². The molecule has 0 N–H and O–H groups in total. The maximum atomic E-state index is 4.17. The molecule has 1 aromatic heterocycles. The molecule has 0 spiro atoms. The van der Waals surface area contributed by atoms with Crippen LogP contribution in [-0.2, 0) is 0 Å². The third-order valence-corrected chi connectivity index (χ3v) is 1.94. The fourth-order valence-electron chi connectivity index (χ4n) is 1.37. The van der Waals surface area contributed by atoms with Crippen molar-refractivity contribution in [2.24, 2.45) is 0 Å². The number of hydrogen-bond donors (Lipinski definition) is 0. The highest BCUT2D eigenvalue weighted by Gasteiger charge is 2.12. The Labute approximate surface area is 66.1 Å². The van der Waals surface area contributed by atoms with E-state index in [2.05, 4.69) is 21.1 Å². The van der Waals surface area contributed by atoms with Gasteiger partial charge in [-0.1, -0.05) is 0 Å². The molecular formula is C8H10N3. The summed E-state index contributed by atoms with van der Waals surface area (Å²) in [6.07, 6.45) is 8.61. The topological polar surface area (TPSA) is 29.0 Å². The summed E-state index contributed by atoms with van der Waals surface area (Å²) in [5, 5.41) is 0. The maximum absolute atomic E-state index is 4.17. The molecule has 1 aromatic rings. The van der Waals surface area contributed by atoms with E-state index < -0.39 is 0 Å². The van der Waals surface area contributed by atoms with E-state index in [0.717, 1.165) is 18.9 Å². The molecule has 1 fully saturated rings. The van der Waals surface area contributed by atoms with Gasteiger partial charge in [-0.25, -0.2) is 9.97 Å². The molecule has 3 heteroatoms. The summed E-state index contributed by atoms with van der Waals surface area (Å²) in [5.41, 5.74) is 0. The molecule has 2 heterocycles. The highest BCUT2D eigenvalue weighted by Crippen LogP contribution is 2.14. The van der Waals surface area contributed by atoms with Crippen LogP contribution in [0.2, 0.25) is 0 Å². The molecule has 0 saturated carbocycles.